The lowest BCUT2D eigenvalue weighted by Crippen LogP contribution is -2.32. The molecule has 0 saturated heterocycles. The lowest BCUT2D eigenvalue weighted by molar-refractivity contribution is 0.823. The first kappa shape index (κ1) is 16.6. The van der Waals surface area contributed by atoms with Crippen molar-refractivity contribution >= 4 is 29.5 Å². The molecule has 0 spiro atoms. The van der Waals surface area contributed by atoms with Gasteiger partial charge in [-0.1, -0.05) is 12.2 Å². The first-order valence-corrected chi connectivity index (χ1v) is 6.39. The molecule has 1 aliphatic carbocycles. The summed E-state index contributed by atoms with van der Waals surface area (Å²) in [5.41, 5.74) is 7.51. The topological polar surface area (TPSA) is 127 Å². The minimum atomic E-state index is 0. The maximum atomic E-state index is 5.62. The fourth-order valence-electron chi connectivity index (χ4n) is 2.25. The van der Waals surface area contributed by atoms with Crippen molar-refractivity contribution in [3.63, 3.8) is 0 Å². The van der Waals surface area contributed by atoms with Crippen LogP contribution in [0.5, 0.6) is 0 Å². The summed E-state index contributed by atoms with van der Waals surface area (Å²) in [5, 5.41) is 5.52. The van der Waals surface area contributed by atoms with E-state index in [0.717, 1.165) is 29.8 Å². The van der Waals surface area contributed by atoms with Crippen molar-refractivity contribution in [3.05, 3.63) is 40.5 Å². The lowest BCUT2D eigenvalue weighted by atomic mass is 10.1. The summed E-state index contributed by atoms with van der Waals surface area (Å²) >= 11 is 0. The van der Waals surface area contributed by atoms with E-state index in [2.05, 4.69) is 34.4 Å². The van der Waals surface area contributed by atoms with Crippen LogP contribution in [-0.2, 0) is 0 Å². The van der Waals surface area contributed by atoms with E-state index in [1.165, 1.54) is 10.8 Å². The zero-order valence-electron chi connectivity index (χ0n) is 11.9. The van der Waals surface area contributed by atoms with Crippen molar-refractivity contribution in [1.29, 1.82) is 0 Å². The molecule has 0 aliphatic heterocycles. The van der Waals surface area contributed by atoms with Crippen molar-refractivity contribution < 1.29 is 12.4 Å². The third kappa shape index (κ3) is 3.56. The fourth-order valence-corrected chi connectivity index (χ4v) is 2.25. The van der Waals surface area contributed by atoms with Crippen LogP contribution in [0.3, 0.4) is 0 Å². The average Bonchev–Trinajstić information content (AvgIpc) is 2.42. The van der Waals surface area contributed by atoms with E-state index < -0.39 is 0 Å². The highest BCUT2D eigenvalue weighted by Gasteiger charge is 2.03. The molecule has 6 heteroatoms. The molecule has 114 valence electrons. The first-order valence-electron chi connectivity index (χ1n) is 6.39. The van der Waals surface area contributed by atoms with Gasteiger partial charge in [0.15, 0.2) is 0 Å². The Morgan fingerprint density at radius 3 is 2.62 bits per heavy atom. The van der Waals surface area contributed by atoms with Crippen LogP contribution in [0.25, 0.3) is 12.2 Å². The Morgan fingerprint density at radius 2 is 1.90 bits per heavy atom. The van der Waals surface area contributed by atoms with Crippen molar-refractivity contribution in [2.24, 2.45) is 0 Å². The van der Waals surface area contributed by atoms with Crippen LogP contribution in [0.4, 0.5) is 17.3 Å². The Morgan fingerprint density at radius 1 is 1.14 bits per heavy atom. The Bertz CT molecular complexity index is 732. The average molecular weight is 290 g/mol. The van der Waals surface area contributed by atoms with E-state index in [1.807, 2.05) is 18.2 Å². The Labute approximate surface area is 124 Å². The number of hydrogen-bond donors (Lipinski definition) is 2. The second kappa shape index (κ2) is 6.83. The van der Waals surface area contributed by atoms with Crippen LogP contribution < -0.4 is 21.6 Å². The van der Waals surface area contributed by atoms with Gasteiger partial charge in [-0.2, -0.15) is 0 Å². The maximum Gasteiger partial charge on any atom is 0.132 e. The van der Waals surface area contributed by atoms with E-state index in [-0.39, 0.29) is 12.4 Å². The predicted octanol–water partition coefficient (Wildman–Crippen LogP) is 0.0622. The maximum absolute atomic E-state index is 5.62. The smallest absolute Gasteiger partial charge is 0.132 e. The molecule has 0 bridgehead atoms. The highest BCUT2D eigenvalue weighted by Crippen LogP contribution is 2.12. The summed E-state index contributed by atoms with van der Waals surface area (Å²) in [6.45, 7) is 2.11. The van der Waals surface area contributed by atoms with E-state index in [1.54, 1.807) is 6.20 Å². The van der Waals surface area contributed by atoms with Crippen LogP contribution >= 0.6 is 0 Å². The number of nitrogens with zero attached hydrogens (tertiary/aromatic N) is 2. The number of nitrogen functional groups attached to an aromatic ring is 1. The predicted molar refractivity (Wildman–Crippen MR) is 87.7 cm³/mol. The number of nitrogens with two attached hydrogens (primary N) is 1. The van der Waals surface area contributed by atoms with Crippen molar-refractivity contribution in [2.75, 3.05) is 11.1 Å². The highest BCUT2D eigenvalue weighted by atomic mass is 16.0. The Hall–Kier alpha value is -2.44. The van der Waals surface area contributed by atoms with Gasteiger partial charge in [0.05, 0.1) is 17.2 Å². The van der Waals surface area contributed by atoms with Gasteiger partial charge in [-0.25, -0.2) is 9.97 Å². The molecular weight excluding hydrogens is 268 g/mol. The zero-order chi connectivity index (χ0) is 13.2. The van der Waals surface area contributed by atoms with Gasteiger partial charge in [0, 0.05) is 1.43 Å². The van der Waals surface area contributed by atoms with Crippen LogP contribution in [0.1, 0.15) is 19.8 Å². The summed E-state index contributed by atoms with van der Waals surface area (Å²) in [7, 11) is 0. The molecule has 2 heterocycles. The van der Waals surface area contributed by atoms with E-state index in [9.17, 15) is 0 Å². The number of hydrogen-bond acceptors (Lipinski definition) is 4. The molecule has 0 amide bonds. The van der Waals surface area contributed by atoms with Crippen molar-refractivity contribution in [3.8, 4) is 0 Å². The van der Waals surface area contributed by atoms with E-state index >= 15 is 0 Å². The molecule has 0 saturated carbocycles. The van der Waals surface area contributed by atoms with E-state index in [4.69, 9.17) is 5.73 Å². The van der Waals surface area contributed by atoms with Gasteiger partial charge in [-0.3, -0.25) is 0 Å². The van der Waals surface area contributed by atoms with Crippen LogP contribution in [0, 0.1) is 6.92 Å². The van der Waals surface area contributed by atoms with Crippen LogP contribution in [0.2, 0.25) is 0 Å². The molecule has 0 radical (unpaired) electrons. The molecular formula is C15H22N4O2. The summed E-state index contributed by atoms with van der Waals surface area (Å²) in [6, 6.07) is 5.72. The number of pyridine rings is 2. The van der Waals surface area contributed by atoms with Gasteiger partial charge in [-0.05, 0) is 48.7 Å². The standard InChI is InChI=1S/C15H16N4.2H2O.H2/c1-10-8-15(18-13-5-3-2-4-12(10)13)19-14-7-6-11(16)9-17-14;;;/h4-9H,2-3,16H2,1H3,(H,17,18,19);2*1H2;1H. The number of aromatic nitrogens is 2. The molecule has 0 aromatic carbocycles. The number of fused-ring (bicyclic) bond motifs is 1. The summed E-state index contributed by atoms with van der Waals surface area (Å²) in [5.74, 6) is 1.57. The van der Waals surface area contributed by atoms with Crippen LogP contribution in [0.15, 0.2) is 24.4 Å². The molecule has 1 aliphatic rings. The molecule has 7 N–H and O–H groups in total. The number of nitrogens with one attached hydrogen (secondary N) is 1. The zero-order valence-corrected chi connectivity index (χ0v) is 11.9. The van der Waals surface area contributed by atoms with Gasteiger partial charge in [0.25, 0.3) is 0 Å². The second-order valence-electron chi connectivity index (χ2n) is 4.71. The molecule has 2 aromatic heterocycles. The largest absolute Gasteiger partial charge is 0.412 e. The molecule has 0 unspecified atom stereocenters. The summed E-state index contributed by atoms with van der Waals surface area (Å²) in [4.78, 5) is 8.84. The van der Waals surface area contributed by atoms with Gasteiger partial charge in [0.2, 0.25) is 0 Å². The number of aryl methyl sites for hydroxylation is 1. The third-order valence-electron chi connectivity index (χ3n) is 3.19. The summed E-state index contributed by atoms with van der Waals surface area (Å²) < 4.78 is 0. The number of anilines is 3. The van der Waals surface area contributed by atoms with Gasteiger partial charge in [-0.15, -0.1) is 0 Å². The van der Waals surface area contributed by atoms with Crippen molar-refractivity contribution in [2.45, 2.75) is 19.8 Å². The van der Waals surface area contributed by atoms with E-state index in [0.29, 0.717) is 5.69 Å². The minimum absolute atomic E-state index is 0. The molecule has 21 heavy (non-hydrogen) atoms. The first-order chi connectivity index (χ1) is 9.22. The molecule has 2 aromatic rings. The van der Waals surface area contributed by atoms with Gasteiger partial charge >= 0.3 is 0 Å². The summed E-state index contributed by atoms with van der Waals surface area (Å²) in [6.07, 6.45) is 8.23. The monoisotopic (exact) mass is 290 g/mol. The molecule has 0 fully saturated rings. The lowest BCUT2D eigenvalue weighted by Gasteiger charge is -2.08. The Balaban J connectivity index is 0.00000147. The third-order valence-corrected chi connectivity index (χ3v) is 3.19. The number of rotatable bonds is 2. The highest BCUT2D eigenvalue weighted by molar-refractivity contribution is 5.55. The molecule has 3 rings (SSSR count). The fraction of sp³-hybridized carbons (Fsp3) is 0.200. The normalized spacial score (nSPS) is 11.9. The van der Waals surface area contributed by atoms with Crippen LogP contribution in [-0.4, -0.2) is 20.9 Å². The molecule has 0 atom stereocenters. The Kier molecular flexibility index (Phi) is 5.40. The molecule has 6 nitrogen and oxygen atoms in total. The van der Waals surface area contributed by atoms with Crippen molar-refractivity contribution in [1.82, 2.24) is 9.97 Å². The second-order valence-corrected chi connectivity index (χ2v) is 4.71. The van der Waals surface area contributed by atoms with Gasteiger partial charge < -0.3 is 22.0 Å². The minimum Gasteiger partial charge on any atom is -0.412 e. The quantitative estimate of drug-likeness (QED) is 0.810. The van der Waals surface area contributed by atoms with Gasteiger partial charge in [0.1, 0.15) is 11.6 Å². The SMILES string of the molecule is Cc1cc(Nc2ccc(N)cn2)nc2c1=CCCC=2.O.O.[HH].